The first kappa shape index (κ1) is 20.5. The van der Waals surface area contributed by atoms with Crippen molar-refractivity contribution in [1.82, 2.24) is 0 Å². The molecule has 6 nitrogen and oxygen atoms in total. The van der Waals surface area contributed by atoms with Crippen molar-refractivity contribution < 1.29 is 19.3 Å². The molecule has 4 atom stereocenters. The van der Waals surface area contributed by atoms with Crippen LogP contribution in [0.4, 0.5) is 0 Å². The molecule has 2 aromatic rings. The van der Waals surface area contributed by atoms with Gasteiger partial charge in [-0.25, -0.2) is 0 Å². The Morgan fingerprint density at radius 3 is 2.83 bits per heavy atom. The maximum atomic E-state index is 10.6. The first-order valence-electron chi connectivity index (χ1n) is 10.2. The standard InChI is InChI=1S/C22H27NO5S/c1-14-16(8-15-2-4-18(5-3-15)27-19-6-7-26-13-19)9-22(29-14)21-11-17(24)10-20(28-21)12-23-25/h2-5,9,17,19-21,24H,6-8,10-13H2,1H3. The second-order valence-electron chi connectivity index (χ2n) is 7.84. The van der Waals surface area contributed by atoms with Crippen molar-refractivity contribution in [3.63, 3.8) is 0 Å². The Balaban J connectivity index is 1.40. The molecule has 2 fully saturated rings. The lowest BCUT2D eigenvalue weighted by Gasteiger charge is -2.31. The molecule has 0 bridgehead atoms. The average Bonchev–Trinajstić information content (AvgIpc) is 3.33. The quantitative estimate of drug-likeness (QED) is 0.685. The molecule has 7 heteroatoms. The highest BCUT2D eigenvalue weighted by Crippen LogP contribution is 2.37. The molecule has 1 aromatic carbocycles. The van der Waals surface area contributed by atoms with Gasteiger partial charge >= 0.3 is 0 Å². The third kappa shape index (κ3) is 5.22. The number of aliphatic hydroxyl groups is 1. The molecule has 2 aliphatic heterocycles. The molecule has 0 saturated carbocycles. The number of ether oxygens (including phenoxy) is 3. The number of thiophene rings is 1. The Hall–Kier alpha value is -1.80. The summed E-state index contributed by atoms with van der Waals surface area (Å²) in [5, 5.41) is 13.1. The minimum atomic E-state index is -0.454. The topological polar surface area (TPSA) is 77.4 Å². The molecule has 1 aromatic heterocycles. The highest BCUT2D eigenvalue weighted by Gasteiger charge is 2.31. The monoisotopic (exact) mass is 417 g/mol. The Morgan fingerprint density at radius 1 is 1.28 bits per heavy atom. The number of nitrogens with zero attached hydrogens (tertiary/aromatic N) is 1. The fraction of sp³-hybridized carbons (Fsp3) is 0.545. The third-order valence-electron chi connectivity index (χ3n) is 5.52. The summed E-state index contributed by atoms with van der Waals surface area (Å²) in [7, 11) is 0. The van der Waals surface area contributed by atoms with Gasteiger partial charge in [-0.1, -0.05) is 17.3 Å². The van der Waals surface area contributed by atoms with Gasteiger partial charge in [-0.3, -0.25) is 0 Å². The van der Waals surface area contributed by atoms with Crippen molar-refractivity contribution in [1.29, 1.82) is 0 Å². The Kier molecular flexibility index (Phi) is 6.60. The van der Waals surface area contributed by atoms with Crippen LogP contribution >= 0.6 is 11.3 Å². The molecule has 0 amide bonds. The zero-order chi connectivity index (χ0) is 20.2. The summed E-state index contributed by atoms with van der Waals surface area (Å²) in [6.07, 6.45) is 2.05. The first-order valence-corrected chi connectivity index (χ1v) is 11.0. The lowest BCUT2D eigenvalue weighted by molar-refractivity contribution is -0.0916. The highest BCUT2D eigenvalue weighted by molar-refractivity contribution is 7.12. The van der Waals surface area contributed by atoms with E-state index >= 15 is 0 Å². The fourth-order valence-electron chi connectivity index (χ4n) is 3.96. The van der Waals surface area contributed by atoms with Gasteiger partial charge in [-0.05, 0) is 42.7 Å². The van der Waals surface area contributed by atoms with E-state index in [1.54, 1.807) is 11.3 Å². The molecule has 2 aliphatic rings. The maximum absolute atomic E-state index is 10.6. The van der Waals surface area contributed by atoms with Gasteiger partial charge in [0.15, 0.2) is 0 Å². The smallest absolute Gasteiger partial charge is 0.124 e. The van der Waals surface area contributed by atoms with Crippen LogP contribution in [0, 0.1) is 11.8 Å². The lowest BCUT2D eigenvalue weighted by Crippen LogP contribution is -2.32. The van der Waals surface area contributed by atoms with Crippen molar-refractivity contribution >= 4 is 11.3 Å². The zero-order valence-electron chi connectivity index (χ0n) is 16.6. The average molecular weight is 418 g/mol. The predicted molar refractivity (Wildman–Crippen MR) is 112 cm³/mol. The van der Waals surface area contributed by atoms with E-state index in [1.807, 2.05) is 12.1 Å². The van der Waals surface area contributed by atoms with Crippen LogP contribution in [0.2, 0.25) is 0 Å². The van der Waals surface area contributed by atoms with Gasteiger partial charge in [0, 0.05) is 29.0 Å². The molecule has 2 saturated heterocycles. The van der Waals surface area contributed by atoms with E-state index in [4.69, 9.17) is 14.2 Å². The molecule has 0 radical (unpaired) electrons. The van der Waals surface area contributed by atoms with Crippen LogP contribution in [-0.2, 0) is 15.9 Å². The number of hydrogen-bond donors (Lipinski definition) is 1. The van der Waals surface area contributed by atoms with E-state index < -0.39 is 6.10 Å². The number of aryl methyl sites for hydroxylation is 1. The van der Waals surface area contributed by atoms with Crippen LogP contribution in [-0.4, -0.2) is 43.2 Å². The summed E-state index contributed by atoms with van der Waals surface area (Å²) in [4.78, 5) is 12.9. The summed E-state index contributed by atoms with van der Waals surface area (Å²) in [6, 6.07) is 10.4. The molecule has 156 valence electrons. The van der Waals surface area contributed by atoms with Gasteiger partial charge in [0.1, 0.15) is 18.4 Å². The maximum Gasteiger partial charge on any atom is 0.124 e. The largest absolute Gasteiger partial charge is 0.488 e. The second-order valence-corrected chi connectivity index (χ2v) is 9.13. The minimum Gasteiger partial charge on any atom is -0.488 e. The summed E-state index contributed by atoms with van der Waals surface area (Å²) < 4.78 is 17.3. The van der Waals surface area contributed by atoms with Crippen LogP contribution in [0.3, 0.4) is 0 Å². The summed E-state index contributed by atoms with van der Waals surface area (Å²) in [5.74, 6) is 0.881. The number of aliphatic hydroxyl groups excluding tert-OH is 1. The minimum absolute atomic E-state index is 0.0895. The highest BCUT2D eigenvalue weighted by atomic mass is 32.1. The normalized spacial score (nSPS) is 27.1. The molecule has 1 N–H and O–H groups in total. The first-order chi connectivity index (χ1) is 14.1. The van der Waals surface area contributed by atoms with Crippen molar-refractivity contribution in [2.45, 2.75) is 57.0 Å². The van der Waals surface area contributed by atoms with Gasteiger partial charge in [0.05, 0.1) is 31.5 Å². The second kappa shape index (κ2) is 9.34. The fourth-order valence-corrected chi connectivity index (χ4v) is 5.06. The summed E-state index contributed by atoms with van der Waals surface area (Å²) in [5.41, 5.74) is 2.48. The van der Waals surface area contributed by atoms with E-state index in [2.05, 4.69) is 30.3 Å². The lowest BCUT2D eigenvalue weighted by atomic mass is 9.99. The Morgan fingerprint density at radius 2 is 2.10 bits per heavy atom. The van der Waals surface area contributed by atoms with Gasteiger partial charge < -0.3 is 19.3 Å². The number of rotatable bonds is 7. The SMILES string of the molecule is Cc1sc(C2CC(O)CC(CN=O)O2)cc1Cc1ccc(OC2CCOC2)cc1. The molecule has 3 heterocycles. The van der Waals surface area contributed by atoms with Crippen molar-refractivity contribution in [3.05, 3.63) is 56.1 Å². The van der Waals surface area contributed by atoms with Gasteiger partial charge in [-0.2, -0.15) is 4.91 Å². The zero-order valence-corrected chi connectivity index (χ0v) is 17.4. The van der Waals surface area contributed by atoms with Crippen molar-refractivity contribution in [2.75, 3.05) is 19.8 Å². The van der Waals surface area contributed by atoms with Gasteiger partial charge in [0.25, 0.3) is 0 Å². The molecular weight excluding hydrogens is 390 g/mol. The molecule has 0 spiro atoms. The van der Waals surface area contributed by atoms with E-state index in [0.717, 1.165) is 30.1 Å². The number of benzene rings is 1. The van der Waals surface area contributed by atoms with E-state index in [9.17, 15) is 10.0 Å². The van der Waals surface area contributed by atoms with Crippen molar-refractivity contribution in [3.8, 4) is 5.75 Å². The van der Waals surface area contributed by atoms with E-state index in [1.165, 1.54) is 16.0 Å². The number of nitroso groups, excluding NO2 is 1. The number of hydrogen-bond acceptors (Lipinski definition) is 7. The molecule has 0 aliphatic carbocycles. The summed E-state index contributed by atoms with van der Waals surface area (Å²) in [6.45, 7) is 3.65. The van der Waals surface area contributed by atoms with Crippen LogP contribution in [0.5, 0.6) is 5.75 Å². The Labute approximate surface area is 174 Å². The molecule has 4 rings (SSSR count). The van der Waals surface area contributed by atoms with E-state index in [0.29, 0.717) is 19.4 Å². The van der Waals surface area contributed by atoms with Gasteiger partial charge in [0.2, 0.25) is 0 Å². The molecule has 4 unspecified atom stereocenters. The molecular formula is C22H27NO5S. The van der Waals surface area contributed by atoms with Gasteiger partial charge in [-0.15, -0.1) is 11.3 Å². The van der Waals surface area contributed by atoms with Crippen LogP contribution in [0.25, 0.3) is 0 Å². The van der Waals surface area contributed by atoms with E-state index in [-0.39, 0.29) is 24.9 Å². The van der Waals surface area contributed by atoms with Crippen molar-refractivity contribution in [2.24, 2.45) is 5.18 Å². The molecule has 29 heavy (non-hydrogen) atoms. The Bertz CT molecular complexity index is 815. The van der Waals surface area contributed by atoms with Crippen LogP contribution in [0.15, 0.2) is 35.5 Å². The van der Waals surface area contributed by atoms with Crippen LogP contribution < -0.4 is 4.74 Å². The van der Waals surface area contributed by atoms with Crippen LogP contribution in [0.1, 0.15) is 46.2 Å². The summed E-state index contributed by atoms with van der Waals surface area (Å²) >= 11 is 1.70. The predicted octanol–water partition coefficient (Wildman–Crippen LogP) is 4.16. The third-order valence-corrected chi connectivity index (χ3v) is 6.71.